The summed E-state index contributed by atoms with van der Waals surface area (Å²) in [4.78, 5) is 4.30. The van der Waals surface area contributed by atoms with Crippen molar-refractivity contribution in [2.75, 3.05) is 5.73 Å². The maximum absolute atomic E-state index is 14.2. The minimum absolute atomic E-state index is 0.254. The van der Waals surface area contributed by atoms with Crippen molar-refractivity contribution in [1.29, 1.82) is 0 Å². The molecule has 7 heteroatoms. The van der Waals surface area contributed by atoms with Gasteiger partial charge in [-0.05, 0) is 32.0 Å². The molecule has 0 radical (unpaired) electrons. The minimum atomic E-state index is -0.369. The zero-order valence-electron chi connectivity index (χ0n) is 11.1. The smallest absolute Gasteiger partial charge is 0.207 e. The van der Waals surface area contributed by atoms with Crippen molar-refractivity contribution >= 4 is 33.0 Å². The van der Waals surface area contributed by atoms with Crippen molar-refractivity contribution in [3.05, 3.63) is 34.2 Å². The summed E-state index contributed by atoms with van der Waals surface area (Å²) < 4.78 is 18.2. The van der Waals surface area contributed by atoms with Gasteiger partial charge >= 0.3 is 0 Å². The van der Waals surface area contributed by atoms with Crippen LogP contribution < -0.4 is 5.73 Å². The van der Waals surface area contributed by atoms with E-state index in [0.717, 1.165) is 5.69 Å². The topological polar surface area (TPSA) is 61.7 Å². The van der Waals surface area contributed by atoms with Gasteiger partial charge in [0.05, 0.1) is 11.4 Å². The van der Waals surface area contributed by atoms with E-state index in [2.05, 4.69) is 26.0 Å². The second-order valence-electron chi connectivity index (χ2n) is 4.47. The van der Waals surface area contributed by atoms with Gasteiger partial charge in [-0.15, -0.1) is 0 Å². The van der Waals surface area contributed by atoms with Crippen LogP contribution >= 0.6 is 15.9 Å². The monoisotopic (exact) mass is 337 g/mol. The van der Waals surface area contributed by atoms with Crippen molar-refractivity contribution in [3.63, 3.8) is 0 Å². The average Bonchev–Trinajstić information content (AvgIpc) is 2.88. The zero-order chi connectivity index (χ0) is 14.4. The van der Waals surface area contributed by atoms with Crippen LogP contribution in [0, 0.1) is 12.7 Å². The van der Waals surface area contributed by atoms with Crippen LogP contribution in [-0.4, -0.2) is 19.3 Å². The molecule has 0 saturated carbocycles. The number of rotatable bonds is 2. The summed E-state index contributed by atoms with van der Waals surface area (Å²) in [6.07, 6.45) is 0. The van der Waals surface area contributed by atoms with E-state index >= 15 is 0 Å². The molecular weight excluding hydrogens is 325 g/mol. The van der Waals surface area contributed by atoms with Gasteiger partial charge in [0, 0.05) is 11.0 Å². The molecule has 0 atom stereocenters. The van der Waals surface area contributed by atoms with Crippen LogP contribution in [0.3, 0.4) is 0 Å². The van der Waals surface area contributed by atoms with E-state index in [9.17, 15) is 4.39 Å². The number of hydrogen-bond donors (Lipinski definition) is 1. The number of halogens is 2. The molecule has 0 aliphatic carbocycles. The van der Waals surface area contributed by atoms with Gasteiger partial charge in [-0.1, -0.05) is 15.9 Å². The first-order valence-electron chi connectivity index (χ1n) is 6.19. The Labute approximate surface area is 123 Å². The first-order valence-corrected chi connectivity index (χ1v) is 6.99. The van der Waals surface area contributed by atoms with Gasteiger partial charge in [0.1, 0.15) is 11.3 Å². The Hall–Kier alpha value is -1.89. The number of fused-ring (bicyclic) bond motifs is 1. The zero-order valence-corrected chi connectivity index (χ0v) is 12.6. The summed E-state index contributed by atoms with van der Waals surface area (Å²) in [5.74, 6) is -0.115. The van der Waals surface area contributed by atoms with E-state index in [1.165, 1.54) is 6.07 Å². The molecule has 3 rings (SSSR count). The van der Waals surface area contributed by atoms with Gasteiger partial charge in [0.25, 0.3) is 0 Å². The molecule has 0 saturated heterocycles. The van der Waals surface area contributed by atoms with E-state index in [1.54, 1.807) is 21.4 Å². The molecule has 0 unspecified atom stereocenters. The number of nitrogen functional groups attached to an aromatic ring is 1. The highest BCUT2D eigenvalue weighted by Gasteiger charge is 2.19. The minimum Gasteiger partial charge on any atom is -0.369 e. The lowest BCUT2D eigenvalue weighted by atomic mass is 10.3. The number of benzene rings is 1. The molecule has 0 fully saturated rings. The molecule has 0 aliphatic rings. The second-order valence-corrected chi connectivity index (χ2v) is 5.39. The fourth-order valence-electron chi connectivity index (χ4n) is 2.31. The van der Waals surface area contributed by atoms with Crippen LogP contribution in [0.15, 0.2) is 22.7 Å². The number of aryl methyl sites for hydroxylation is 2. The van der Waals surface area contributed by atoms with Crippen molar-refractivity contribution in [1.82, 2.24) is 19.3 Å². The molecule has 2 aromatic heterocycles. The van der Waals surface area contributed by atoms with E-state index in [4.69, 9.17) is 5.73 Å². The molecule has 1 aromatic carbocycles. The van der Waals surface area contributed by atoms with Crippen LogP contribution in [0.25, 0.3) is 16.9 Å². The number of nitrogens with two attached hydrogens (primary N) is 1. The SMILES string of the molecule is CCn1nc(C)c2nc(N)n(-c3ccc(Br)cc3F)c21. The van der Waals surface area contributed by atoms with Crippen molar-refractivity contribution < 1.29 is 4.39 Å². The first kappa shape index (κ1) is 13.1. The van der Waals surface area contributed by atoms with E-state index < -0.39 is 0 Å². The average molecular weight is 338 g/mol. The number of imidazole rings is 1. The summed E-state index contributed by atoms with van der Waals surface area (Å²) in [7, 11) is 0. The highest BCUT2D eigenvalue weighted by molar-refractivity contribution is 9.10. The summed E-state index contributed by atoms with van der Waals surface area (Å²) >= 11 is 3.25. The lowest BCUT2D eigenvalue weighted by Gasteiger charge is -2.09. The number of anilines is 1. The molecule has 0 spiro atoms. The Balaban J connectivity index is 2.38. The molecule has 20 heavy (non-hydrogen) atoms. The van der Waals surface area contributed by atoms with Crippen LogP contribution in [-0.2, 0) is 6.54 Å². The summed E-state index contributed by atoms with van der Waals surface area (Å²) in [5, 5.41) is 4.39. The van der Waals surface area contributed by atoms with Gasteiger partial charge in [-0.2, -0.15) is 5.10 Å². The molecule has 0 amide bonds. The number of nitrogens with zero attached hydrogens (tertiary/aromatic N) is 4. The Morgan fingerprint density at radius 2 is 2.15 bits per heavy atom. The fourth-order valence-corrected chi connectivity index (χ4v) is 2.64. The third kappa shape index (κ3) is 1.81. The maximum Gasteiger partial charge on any atom is 0.207 e. The Morgan fingerprint density at radius 3 is 2.80 bits per heavy atom. The summed E-state index contributed by atoms with van der Waals surface area (Å²) in [5.41, 5.74) is 8.52. The van der Waals surface area contributed by atoms with Gasteiger partial charge in [0.2, 0.25) is 5.95 Å². The third-order valence-corrected chi connectivity index (χ3v) is 3.68. The van der Waals surface area contributed by atoms with Crippen LogP contribution in [0.1, 0.15) is 12.6 Å². The second kappa shape index (κ2) is 4.59. The molecule has 5 nitrogen and oxygen atoms in total. The van der Waals surface area contributed by atoms with Crippen LogP contribution in [0.2, 0.25) is 0 Å². The first-order chi connectivity index (χ1) is 9.52. The molecule has 2 N–H and O–H groups in total. The van der Waals surface area contributed by atoms with Crippen molar-refractivity contribution in [2.24, 2.45) is 0 Å². The lowest BCUT2D eigenvalue weighted by Crippen LogP contribution is -2.08. The summed E-state index contributed by atoms with van der Waals surface area (Å²) in [6, 6.07) is 4.84. The predicted octanol–water partition coefficient (Wildman–Crippen LogP) is 3.03. The molecule has 104 valence electrons. The number of hydrogen-bond acceptors (Lipinski definition) is 3. The number of aromatic nitrogens is 4. The fraction of sp³-hybridized carbons (Fsp3) is 0.231. The third-order valence-electron chi connectivity index (χ3n) is 3.19. The van der Waals surface area contributed by atoms with Crippen LogP contribution in [0.4, 0.5) is 10.3 Å². The van der Waals surface area contributed by atoms with E-state index in [-0.39, 0.29) is 11.8 Å². The quantitative estimate of drug-likeness (QED) is 0.781. The molecule has 0 aliphatic heterocycles. The normalized spacial score (nSPS) is 11.4. The highest BCUT2D eigenvalue weighted by atomic mass is 79.9. The van der Waals surface area contributed by atoms with Gasteiger partial charge in [-0.25, -0.2) is 14.1 Å². The predicted molar refractivity (Wildman–Crippen MR) is 79.3 cm³/mol. The van der Waals surface area contributed by atoms with Crippen molar-refractivity contribution in [2.45, 2.75) is 20.4 Å². The van der Waals surface area contributed by atoms with Gasteiger partial charge in [0.15, 0.2) is 5.65 Å². The van der Waals surface area contributed by atoms with Gasteiger partial charge in [-0.3, -0.25) is 4.57 Å². The lowest BCUT2D eigenvalue weighted by molar-refractivity contribution is 0.614. The maximum atomic E-state index is 14.2. The Bertz CT molecular complexity index is 805. The van der Waals surface area contributed by atoms with E-state index in [0.29, 0.717) is 27.9 Å². The summed E-state index contributed by atoms with van der Waals surface area (Å²) in [6.45, 7) is 4.49. The molecular formula is C13H13BrFN5. The molecule has 2 heterocycles. The molecule has 0 bridgehead atoms. The molecule has 3 aromatic rings. The highest BCUT2D eigenvalue weighted by Crippen LogP contribution is 2.28. The van der Waals surface area contributed by atoms with Crippen molar-refractivity contribution in [3.8, 4) is 5.69 Å². The van der Waals surface area contributed by atoms with Crippen LogP contribution in [0.5, 0.6) is 0 Å². The van der Waals surface area contributed by atoms with Gasteiger partial charge < -0.3 is 5.73 Å². The Kier molecular flexibility index (Phi) is 3.01. The van der Waals surface area contributed by atoms with E-state index in [1.807, 2.05) is 13.8 Å². The standard InChI is InChI=1S/C13H13BrFN5/c1-3-19-12-11(7(2)18-19)17-13(16)20(12)10-5-4-8(14)6-9(10)15/h4-6H,3H2,1-2H3,(H2,16,17). The largest absolute Gasteiger partial charge is 0.369 e. The Morgan fingerprint density at radius 1 is 1.40 bits per heavy atom.